The van der Waals surface area contributed by atoms with Crippen molar-refractivity contribution in [3.8, 4) is 0 Å². The van der Waals surface area contributed by atoms with E-state index in [0.717, 1.165) is 59.5 Å². The molecule has 4 heterocycles. The third kappa shape index (κ3) is 5.30. The molecule has 8 nitrogen and oxygen atoms in total. The van der Waals surface area contributed by atoms with Gasteiger partial charge in [-0.1, -0.05) is 18.7 Å². The summed E-state index contributed by atoms with van der Waals surface area (Å²) >= 11 is 1.45. The summed E-state index contributed by atoms with van der Waals surface area (Å²) in [5.41, 5.74) is 8.00. The SMILES string of the molecule is C=C1NSc2nc(ccc2C)NCC/C=C2\CNN(C2)c2nc(N/C=C\C(C)=N)ccc21. The smallest absolute Gasteiger partial charge is 0.154 e. The molecule has 2 aromatic heterocycles. The van der Waals surface area contributed by atoms with Gasteiger partial charge in [0.15, 0.2) is 5.82 Å². The first-order chi connectivity index (χ1) is 15.5. The summed E-state index contributed by atoms with van der Waals surface area (Å²) in [7, 11) is 0. The molecule has 1 saturated heterocycles. The second-order valence-corrected chi connectivity index (χ2v) is 8.52. The number of hydrogen-bond acceptors (Lipinski definition) is 9. The predicted molar refractivity (Wildman–Crippen MR) is 134 cm³/mol. The van der Waals surface area contributed by atoms with Gasteiger partial charge in [0.2, 0.25) is 0 Å². The first-order valence-corrected chi connectivity index (χ1v) is 11.3. The van der Waals surface area contributed by atoms with Crippen LogP contribution in [0, 0.1) is 12.3 Å². The maximum atomic E-state index is 7.54. The molecule has 2 aliphatic heterocycles. The Labute approximate surface area is 192 Å². The highest BCUT2D eigenvalue weighted by molar-refractivity contribution is 7.97. The number of allylic oxidation sites excluding steroid dienone is 1. The number of nitrogens with one attached hydrogen (secondary N) is 5. The summed E-state index contributed by atoms with van der Waals surface area (Å²) in [4.78, 5) is 9.57. The molecular weight excluding hydrogens is 420 g/mol. The van der Waals surface area contributed by atoms with Gasteiger partial charge in [0.25, 0.3) is 0 Å². The second-order valence-electron chi connectivity index (χ2n) is 7.73. The summed E-state index contributed by atoms with van der Waals surface area (Å²) in [6, 6.07) is 8.01. The van der Waals surface area contributed by atoms with Crippen molar-refractivity contribution in [2.24, 2.45) is 0 Å². The van der Waals surface area contributed by atoms with E-state index in [9.17, 15) is 0 Å². The zero-order valence-corrected chi connectivity index (χ0v) is 19.1. The lowest BCUT2D eigenvalue weighted by Crippen LogP contribution is -2.32. The van der Waals surface area contributed by atoms with Crippen LogP contribution in [0.2, 0.25) is 0 Å². The predicted octanol–water partition coefficient (Wildman–Crippen LogP) is 4.08. The molecule has 2 aromatic rings. The van der Waals surface area contributed by atoms with Gasteiger partial charge in [0, 0.05) is 48.2 Å². The molecule has 4 rings (SSSR count). The molecule has 0 aromatic carbocycles. The first-order valence-electron chi connectivity index (χ1n) is 10.5. The van der Waals surface area contributed by atoms with Crippen molar-refractivity contribution >= 4 is 40.8 Å². The van der Waals surface area contributed by atoms with Crippen molar-refractivity contribution in [3.63, 3.8) is 0 Å². The van der Waals surface area contributed by atoms with Gasteiger partial charge < -0.3 is 20.8 Å². The van der Waals surface area contributed by atoms with Crippen molar-refractivity contribution < 1.29 is 0 Å². The molecular formula is C23H28N8S. The summed E-state index contributed by atoms with van der Waals surface area (Å²) in [6.45, 7) is 10.4. The number of aryl methyl sites for hydroxylation is 1. The number of nitrogens with zero attached hydrogens (tertiary/aromatic N) is 3. The monoisotopic (exact) mass is 448 g/mol. The van der Waals surface area contributed by atoms with Gasteiger partial charge >= 0.3 is 0 Å². The molecule has 0 unspecified atom stereocenters. The van der Waals surface area contributed by atoms with Crippen molar-refractivity contribution in [2.45, 2.75) is 25.3 Å². The molecule has 2 aliphatic rings. The average Bonchev–Trinajstić information content (AvgIpc) is 3.24. The van der Waals surface area contributed by atoms with Gasteiger partial charge in [-0.25, -0.2) is 15.4 Å². The van der Waals surface area contributed by atoms with Crippen LogP contribution in [0.1, 0.15) is 24.5 Å². The molecule has 1 fully saturated rings. The van der Waals surface area contributed by atoms with Crippen LogP contribution in [0.15, 0.2) is 59.8 Å². The average molecular weight is 449 g/mol. The zero-order valence-electron chi connectivity index (χ0n) is 18.3. The Hall–Kier alpha value is -3.30. The van der Waals surface area contributed by atoms with Crippen molar-refractivity contribution in [2.75, 3.05) is 35.3 Å². The van der Waals surface area contributed by atoms with E-state index >= 15 is 0 Å². The standard InChI is InChI=1S/C23H28N8S/c1-15-6-8-21-25-11-4-5-18-13-27-31(14-18)22-19(17(3)30-32-23(15)29-21)7-9-20(28-22)26-12-10-16(2)24/h5-10,12,24,27,30H,3-4,11,13-14H2,1-2H3,(H,25,29)(H,26,28)/b12-10-,18-5+,24-16?. The third-order valence-corrected chi connectivity index (χ3v) is 6.04. The molecule has 0 saturated carbocycles. The maximum absolute atomic E-state index is 7.54. The number of hydrazine groups is 1. The van der Waals surface area contributed by atoms with E-state index < -0.39 is 0 Å². The Kier molecular flexibility index (Phi) is 6.77. The number of aromatic nitrogens is 2. The number of hydrogen-bond donors (Lipinski definition) is 5. The molecule has 166 valence electrons. The van der Waals surface area contributed by atoms with E-state index in [0.29, 0.717) is 11.5 Å². The second kappa shape index (κ2) is 9.88. The van der Waals surface area contributed by atoms with Gasteiger partial charge in [-0.15, -0.1) is 0 Å². The summed E-state index contributed by atoms with van der Waals surface area (Å²) in [6.07, 6.45) is 6.61. The normalized spacial score (nSPS) is 18.0. The molecule has 0 atom stereocenters. The Balaban J connectivity index is 1.66. The molecule has 32 heavy (non-hydrogen) atoms. The van der Waals surface area contributed by atoms with E-state index in [4.69, 9.17) is 15.4 Å². The lowest BCUT2D eigenvalue weighted by atomic mass is 10.2. The molecule has 0 radical (unpaired) electrons. The number of anilines is 3. The highest BCUT2D eigenvalue weighted by atomic mass is 32.2. The Morgan fingerprint density at radius 1 is 1.28 bits per heavy atom. The maximum Gasteiger partial charge on any atom is 0.154 e. The molecule has 5 N–H and O–H groups in total. The highest BCUT2D eigenvalue weighted by Crippen LogP contribution is 2.30. The molecule has 9 heteroatoms. The fourth-order valence-electron chi connectivity index (χ4n) is 3.37. The van der Waals surface area contributed by atoms with Gasteiger partial charge in [0.1, 0.15) is 16.7 Å². The first kappa shape index (κ1) is 21.9. The van der Waals surface area contributed by atoms with Gasteiger partial charge in [-0.2, -0.15) is 0 Å². The summed E-state index contributed by atoms with van der Waals surface area (Å²) in [5, 5.41) is 17.1. The van der Waals surface area contributed by atoms with Crippen LogP contribution in [0.25, 0.3) is 5.70 Å². The van der Waals surface area contributed by atoms with Crippen LogP contribution in [0.3, 0.4) is 0 Å². The molecule has 0 amide bonds. The van der Waals surface area contributed by atoms with Crippen molar-refractivity contribution in [3.05, 3.63) is 65.9 Å². The molecule has 0 aliphatic carbocycles. The van der Waals surface area contributed by atoms with Crippen molar-refractivity contribution in [1.82, 2.24) is 20.1 Å². The van der Waals surface area contributed by atoms with Crippen LogP contribution in [0.5, 0.6) is 0 Å². The topological polar surface area (TPSA) is 101 Å². The number of fused-ring (bicyclic) bond motifs is 6. The van der Waals surface area contributed by atoms with Gasteiger partial charge in [0.05, 0.1) is 6.54 Å². The lowest BCUT2D eigenvalue weighted by molar-refractivity contribution is 0.774. The van der Waals surface area contributed by atoms with Crippen LogP contribution >= 0.6 is 11.9 Å². The summed E-state index contributed by atoms with van der Waals surface area (Å²) < 4.78 is 3.35. The zero-order chi connectivity index (χ0) is 22.5. The molecule has 4 bridgehead atoms. The van der Waals surface area contributed by atoms with E-state index in [1.807, 2.05) is 25.1 Å². The molecule has 0 spiro atoms. The minimum atomic E-state index is 0.472. The van der Waals surface area contributed by atoms with Crippen LogP contribution < -0.4 is 25.8 Å². The minimum Gasteiger partial charge on any atom is -0.370 e. The van der Waals surface area contributed by atoms with Crippen LogP contribution in [-0.4, -0.2) is 35.3 Å². The highest BCUT2D eigenvalue weighted by Gasteiger charge is 2.22. The Morgan fingerprint density at radius 3 is 3.00 bits per heavy atom. The fraction of sp³-hybridized carbons (Fsp3) is 0.261. The quantitative estimate of drug-likeness (QED) is 0.272. The van der Waals surface area contributed by atoms with E-state index in [-0.39, 0.29) is 0 Å². The Morgan fingerprint density at radius 2 is 2.16 bits per heavy atom. The van der Waals surface area contributed by atoms with Gasteiger partial charge in [-0.05, 0) is 55.7 Å². The summed E-state index contributed by atoms with van der Waals surface area (Å²) in [5.74, 6) is 2.37. The van der Waals surface area contributed by atoms with Crippen LogP contribution in [0.4, 0.5) is 17.5 Å². The number of rotatable bonds is 3. The van der Waals surface area contributed by atoms with E-state index in [2.05, 4.69) is 44.5 Å². The van der Waals surface area contributed by atoms with Gasteiger partial charge in [-0.3, -0.25) is 5.01 Å². The van der Waals surface area contributed by atoms with E-state index in [1.165, 1.54) is 17.5 Å². The fourth-order valence-corrected chi connectivity index (χ4v) is 4.08. The van der Waals surface area contributed by atoms with Crippen LogP contribution in [-0.2, 0) is 0 Å². The Bertz CT molecular complexity index is 1090. The largest absolute Gasteiger partial charge is 0.370 e. The minimum absolute atomic E-state index is 0.472. The van der Waals surface area contributed by atoms with E-state index in [1.54, 1.807) is 19.2 Å². The lowest BCUT2D eigenvalue weighted by Gasteiger charge is -2.22. The van der Waals surface area contributed by atoms with Crippen molar-refractivity contribution in [1.29, 1.82) is 5.41 Å². The number of pyridine rings is 2. The third-order valence-electron chi connectivity index (χ3n) is 5.08.